The number of hydrogen-bond donors (Lipinski definition) is 2. The molecule has 1 aromatic rings. The first-order valence-corrected chi connectivity index (χ1v) is 11.1. The van der Waals surface area contributed by atoms with Crippen molar-refractivity contribution in [1.82, 2.24) is 25.3 Å². The number of likely N-dealkylation sites (tertiary alicyclic amines) is 1. The third-order valence-corrected chi connectivity index (χ3v) is 7.36. The number of aromatic nitrogens is 2. The first-order valence-electron chi connectivity index (χ1n) is 11.1. The van der Waals surface area contributed by atoms with Crippen LogP contribution >= 0.6 is 0 Å². The summed E-state index contributed by atoms with van der Waals surface area (Å²) in [6.07, 6.45) is 9.62. The molecule has 8 heteroatoms. The molecule has 4 aliphatic rings. The molecule has 0 aliphatic carbocycles. The standard InChI is InChI=1S/C21H31N5O3/c27-20(19-5-3-7-29-19)22-11-18-15-8-14(17-4-1-2-6-26(17)18)12-25(13-15)21(28)16-9-23-24-10-16/h9-10,14-15,17-19H,1-8,11-13H2,(H,22,27)(H,23,24)/t14-,15+,17+,18+,19-/m1/s1. The van der Waals surface area contributed by atoms with Crippen molar-refractivity contribution >= 4 is 11.8 Å². The fraction of sp³-hybridized carbons (Fsp3) is 0.762. The number of hydrogen-bond acceptors (Lipinski definition) is 5. The van der Waals surface area contributed by atoms with Gasteiger partial charge >= 0.3 is 0 Å². The minimum absolute atomic E-state index is 0.0281. The second kappa shape index (κ2) is 8.07. The van der Waals surface area contributed by atoms with E-state index >= 15 is 0 Å². The zero-order chi connectivity index (χ0) is 19.8. The summed E-state index contributed by atoms with van der Waals surface area (Å²) < 4.78 is 5.55. The average molecular weight is 402 g/mol. The van der Waals surface area contributed by atoms with Gasteiger partial charge in [0.05, 0.1) is 11.8 Å². The molecule has 4 aliphatic heterocycles. The summed E-state index contributed by atoms with van der Waals surface area (Å²) in [6, 6.07) is 0.812. The van der Waals surface area contributed by atoms with E-state index in [2.05, 4.69) is 20.4 Å². The lowest BCUT2D eigenvalue weighted by Gasteiger charge is -2.56. The van der Waals surface area contributed by atoms with E-state index in [1.807, 2.05) is 4.90 Å². The quantitative estimate of drug-likeness (QED) is 0.786. The number of aromatic amines is 1. The van der Waals surface area contributed by atoms with Crippen molar-refractivity contribution in [2.45, 2.75) is 56.7 Å². The van der Waals surface area contributed by atoms with Crippen LogP contribution in [-0.2, 0) is 9.53 Å². The Kier molecular flexibility index (Phi) is 5.30. The van der Waals surface area contributed by atoms with Crippen LogP contribution in [0.25, 0.3) is 0 Å². The molecule has 2 amide bonds. The van der Waals surface area contributed by atoms with Crippen molar-refractivity contribution < 1.29 is 14.3 Å². The molecule has 8 nitrogen and oxygen atoms in total. The molecule has 4 fully saturated rings. The van der Waals surface area contributed by atoms with Gasteiger partial charge in [-0.15, -0.1) is 0 Å². The van der Waals surface area contributed by atoms with Gasteiger partial charge in [-0.3, -0.25) is 19.6 Å². The van der Waals surface area contributed by atoms with Crippen molar-refractivity contribution in [3.8, 4) is 0 Å². The van der Waals surface area contributed by atoms with Crippen molar-refractivity contribution in [2.75, 3.05) is 32.8 Å². The molecule has 5 heterocycles. The van der Waals surface area contributed by atoms with E-state index < -0.39 is 0 Å². The van der Waals surface area contributed by atoms with Crippen LogP contribution in [0.1, 0.15) is 48.9 Å². The predicted molar refractivity (Wildman–Crippen MR) is 106 cm³/mol. The summed E-state index contributed by atoms with van der Waals surface area (Å²) in [5.74, 6) is 1.01. The third kappa shape index (κ3) is 3.68. The van der Waals surface area contributed by atoms with Gasteiger partial charge in [-0.05, 0) is 50.5 Å². The number of H-pyrrole nitrogens is 1. The summed E-state index contributed by atoms with van der Waals surface area (Å²) in [4.78, 5) is 30.2. The van der Waals surface area contributed by atoms with Crippen molar-refractivity contribution in [3.63, 3.8) is 0 Å². The molecule has 5 atom stereocenters. The Morgan fingerprint density at radius 2 is 2.10 bits per heavy atom. The lowest BCUT2D eigenvalue weighted by Crippen LogP contribution is -2.66. The van der Waals surface area contributed by atoms with E-state index in [-0.39, 0.29) is 17.9 Å². The zero-order valence-corrected chi connectivity index (χ0v) is 16.9. The van der Waals surface area contributed by atoms with Gasteiger partial charge in [0.15, 0.2) is 0 Å². The molecule has 0 spiro atoms. The van der Waals surface area contributed by atoms with E-state index in [0.717, 1.165) is 38.9 Å². The summed E-state index contributed by atoms with van der Waals surface area (Å²) in [7, 11) is 0. The monoisotopic (exact) mass is 401 g/mol. The van der Waals surface area contributed by atoms with E-state index in [0.29, 0.717) is 42.6 Å². The number of nitrogens with one attached hydrogen (secondary N) is 2. The topological polar surface area (TPSA) is 90.6 Å². The second-order valence-electron chi connectivity index (χ2n) is 9.07. The van der Waals surface area contributed by atoms with Crippen LogP contribution in [0, 0.1) is 11.8 Å². The maximum absolute atomic E-state index is 13.0. The molecule has 0 unspecified atom stereocenters. The van der Waals surface area contributed by atoms with Crippen LogP contribution in [0.2, 0.25) is 0 Å². The van der Waals surface area contributed by atoms with Crippen LogP contribution in [0.15, 0.2) is 12.4 Å². The van der Waals surface area contributed by atoms with Crippen LogP contribution in [0.5, 0.6) is 0 Å². The van der Waals surface area contributed by atoms with Gasteiger partial charge in [0.25, 0.3) is 5.91 Å². The van der Waals surface area contributed by atoms with Crippen molar-refractivity contribution in [1.29, 1.82) is 0 Å². The van der Waals surface area contributed by atoms with E-state index in [1.165, 1.54) is 19.3 Å². The van der Waals surface area contributed by atoms with Crippen LogP contribution in [0.3, 0.4) is 0 Å². The maximum atomic E-state index is 13.0. The van der Waals surface area contributed by atoms with Crippen molar-refractivity contribution in [3.05, 3.63) is 18.0 Å². The molecular weight excluding hydrogens is 370 g/mol. The van der Waals surface area contributed by atoms with Gasteiger partial charge < -0.3 is 15.0 Å². The maximum Gasteiger partial charge on any atom is 0.257 e. The zero-order valence-electron chi connectivity index (χ0n) is 16.9. The van der Waals surface area contributed by atoms with Crippen LogP contribution in [-0.4, -0.2) is 82.8 Å². The third-order valence-electron chi connectivity index (χ3n) is 7.36. The highest BCUT2D eigenvalue weighted by Crippen LogP contribution is 2.41. The first-order chi connectivity index (χ1) is 14.2. The Bertz CT molecular complexity index is 733. The highest BCUT2D eigenvalue weighted by molar-refractivity contribution is 5.93. The molecule has 158 valence electrons. The number of carbonyl (C=O) groups excluding carboxylic acids is 2. The molecule has 5 rings (SSSR count). The van der Waals surface area contributed by atoms with Gasteiger partial charge in [0.2, 0.25) is 5.91 Å². The molecule has 0 radical (unpaired) electrons. The Labute approximate surface area is 171 Å². The first kappa shape index (κ1) is 19.1. The SMILES string of the molecule is O=C(NC[C@H]1[C@H]2C[C@H](CN(C(=O)c3cn[nH]c3)C2)[C@@H]2CCCCN21)[C@H]1CCCO1. The van der Waals surface area contributed by atoms with E-state index in [1.54, 1.807) is 12.4 Å². The number of nitrogens with zero attached hydrogens (tertiary/aromatic N) is 3. The van der Waals surface area contributed by atoms with Gasteiger partial charge in [-0.2, -0.15) is 5.10 Å². The summed E-state index contributed by atoms with van der Waals surface area (Å²) >= 11 is 0. The molecular formula is C21H31N5O3. The number of amides is 2. The Balaban J connectivity index is 1.31. The molecule has 2 N–H and O–H groups in total. The number of carbonyl (C=O) groups is 2. The molecule has 29 heavy (non-hydrogen) atoms. The summed E-state index contributed by atoms with van der Waals surface area (Å²) in [5, 5.41) is 9.86. The Morgan fingerprint density at radius 3 is 2.90 bits per heavy atom. The number of ether oxygens (including phenoxy) is 1. The number of piperidine rings is 3. The van der Waals surface area contributed by atoms with Crippen LogP contribution < -0.4 is 5.32 Å². The number of fused-ring (bicyclic) bond motifs is 4. The lowest BCUT2D eigenvalue weighted by atomic mass is 9.72. The second-order valence-corrected chi connectivity index (χ2v) is 9.07. The van der Waals surface area contributed by atoms with Crippen molar-refractivity contribution in [2.24, 2.45) is 11.8 Å². The van der Waals surface area contributed by atoms with Crippen LogP contribution in [0.4, 0.5) is 0 Å². The molecule has 0 saturated carbocycles. The van der Waals surface area contributed by atoms with Gasteiger partial charge in [-0.25, -0.2) is 0 Å². The fourth-order valence-corrected chi connectivity index (χ4v) is 6.01. The summed E-state index contributed by atoms with van der Waals surface area (Å²) in [5.41, 5.74) is 0.633. The molecule has 4 saturated heterocycles. The summed E-state index contributed by atoms with van der Waals surface area (Å²) in [6.45, 7) is 4.03. The lowest BCUT2D eigenvalue weighted by molar-refractivity contribution is -0.131. The van der Waals surface area contributed by atoms with Gasteiger partial charge in [-0.1, -0.05) is 6.42 Å². The highest BCUT2D eigenvalue weighted by Gasteiger charge is 2.48. The predicted octanol–water partition coefficient (Wildman–Crippen LogP) is 1.02. The minimum Gasteiger partial charge on any atom is -0.368 e. The fourth-order valence-electron chi connectivity index (χ4n) is 6.01. The Hall–Kier alpha value is -1.93. The van der Waals surface area contributed by atoms with Gasteiger partial charge in [0.1, 0.15) is 6.10 Å². The normalized spacial score (nSPS) is 34.6. The number of rotatable bonds is 4. The van der Waals surface area contributed by atoms with E-state index in [9.17, 15) is 9.59 Å². The largest absolute Gasteiger partial charge is 0.368 e. The Morgan fingerprint density at radius 1 is 1.21 bits per heavy atom. The highest BCUT2D eigenvalue weighted by atomic mass is 16.5. The van der Waals surface area contributed by atoms with Gasteiger partial charge in [0, 0.05) is 44.5 Å². The molecule has 1 aromatic heterocycles. The van der Waals surface area contributed by atoms with E-state index in [4.69, 9.17) is 4.74 Å². The molecule has 2 bridgehead atoms. The molecule has 0 aromatic carbocycles. The smallest absolute Gasteiger partial charge is 0.257 e. The average Bonchev–Trinajstić information content (AvgIpc) is 3.47. The minimum atomic E-state index is -0.283.